The van der Waals surface area contributed by atoms with Crippen LogP contribution < -0.4 is 14.8 Å². The van der Waals surface area contributed by atoms with Crippen molar-refractivity contribution in [2.24, 2.45) is 0 Å². The van der Waals surface area contributed by atoms with Gasteiger partial charge in [-0.3, -0.25) is 4.79 Å². The van der Waals surface area contributed by atoms with Gasteiger partial charge in [-0.15, -0.1) is 0 Å². The number of methoxy groups -OCH3 is 2. The van der Waals surface area contributed by atoms with Crippen LogP contribution in [0.5, 0.6) is 11.5 Å². The summed E-state index contributed by atoms with van der Waals surface area (Å²) in [5, 5.41) is 12.3. The van der Waals surface area contributed by atoms with Gasteiger partial charge in [0.05, 0.1) is 19.8 Å². The summed E-state index contributed by atoms with van der Waals surface area (Å²) < 4.78 is 10.4. The lowest BCUT2D eigenvalue weighted by atomic mass is 10.1. The van der Waals surface area contributed by atoms with Crippen molar-refractivity contribution in [2.45, 2.75) is 26.4 Å². The van der Waals surface area contributed by atoms with Crippen LogP contribution in [0, 0.1) is 6.92 Å². The number of rotatable bonds is 5. The number of nitrogens with one attached hydrogen (secondary N) is 1. The van der Waals surface area contributed by atoms with Gasteiger partial charge < -0.3 is 19.9 Å². The summed E-state index contributed by atoms with van der Waals surface area (Å²) in [6.07, 6.45) is 0. The minimum Gasteiger partial charge on any atom is -0.496 e. The van der Waals surface area contributed by atoms with Gasteiger partial charge in [-0.1, -0.05) is 0 Å². The Morgan fingerprint density at radius 3 is 2.11 bits per heavy atom. The molecule has 5 nitrogen and oxygen atoms in total. The summed E-state index contributed by atoms with van der Waals surface area (Å²) in [6.45, 7) is 5.29. The van der Waals surface area contributed by atoms with Crippen LogP contribution in [0.4, 0.5) is 0 Å². The molecule has 0 saturated heterocycles. The molecule has 0 heterocycles. The zero-order chi connectivity index (χ0) is 14.6. The van der Waals surface area contributed by atoms with Gasteiger partial charge in [0, 0.05) is 17.7 Å². The Morgan fingerprint density at radius 1 is 1.26 bits per heavy atom. The smallest absolute Gasteiger partial charge is 0.251 e. The van der Waals surface area contributed by atoms with E-state index in [-0.39, 0.29) is 12.5 Å². The molecule has 0 bridgehead atoms. The topological polar surface area (TPSA) is 67.8 Å². The molecule has 0 aromatic heterocycles. The van der Waals surface area contributed by atoms with E-state index >= 15 is 0 Å². The predicted octanol–water partition coefficient (Wildman–Crippen LogP) is 1.51. The van der Waals surface area contributed by atoms with Crippen LogP contribution in [-0.2, 0) is 0 Å². The summed E-state index contributed by atoms with van der Waals surface area (Å²) >= 11 is 0. The fourth-order valence-corrected chi connectivity index (χ4v) is 1.62. The molecule has 1 aromatic carbocycles. The van der Waals surface area contributed by atoms with Crippen LogP contribution in [0.1, 0.15) is 29.8 Å². The lowest BCUT2D eigenvalue weighted by molar-refractivity contribution is 0.0694. The molecule has 5 heteroatoms. The molecule has 1 aromatic rings. The Balaban J connectivity index is 2.97. The summed E-state index contributed by atoms with van der Waals surface area (Å²) in [4.78, 5) is 12.0. The van der Waals surface area contributed by atoms with E-state index in [4.69, 9.17) is 9.47 Å². The van der Waals surface area contributed by atoms with E-state index in [1.54, 1.807) is 40.2 Å². The third-order valence-electron chi connectivity index (χ3n) is 2.70. The van der Waals surface area contributed by atoms with Crippen molar-refractivity contribution in [1.82, 2.24) is 5.32 Å². The first-order valence-corrected chi connectivity index (χ1v) is 6.01. The highest BCUT2D eigenvalue weighted by atomic mass is 16.5. The number of amides is 1. The second-order valence-electron chi connectivity index (χ2n) is 5.00. The highest BCUT2D eigenvalue weighted by Gasteiger charge is 2.17. The molecule has 0 radical (unpaired) electrons. The minimum atomic E-state index is -0.950. The van der Waals surface area contributed by atoms with E-state index in [9.17, 15) is 9.90 Å². The van der Waals surface area contributed by atoms with Gasteiger partial charge in [-0.05, 0) is 32.9 Å². The number of hydrogen-bond donors (Lipinski definition) is 2. The van der Waals surface area contributed by atoms with Crippen molar-refractivity contribution >= 4 is 5.91 Å². The molecule has 0 spiro atoms. The largest absolute Gasteiger partial charge is 0.496 e. The molecule has 0 unspecified atom stereocenters. The molecule has 2 N–H and O–H groups in total. The summed E-state index contributed by atoms with van der Waals surface area (Å²) in [5.41, 5.74) is 0.321. The molecule has 0 atom stereocenters. The first-order chi connectivity index (χ1) is 8.78. The Morgan fingerprint density at radius 2 is 1.74 bits per heavy atom. The van der Waals surface area contributed by atoms with Crippen LogP contribution in [-0.4, -0.2) is 37.4 Å². The van der Waals surface area contributed by atoms with Crippen molar-refractivity contribution < 1.29 is 19.4 Å². The zero-order valence-corrected chi connectivity index (χ0v) is 12.0. The number of carbonyl (C=O) groups is 1. The number of carbonyl (C=O) groups excluding carboxylic acids is 1. The van der Waals surface area contributed by atoms with Crippen LogP contribution in [0.3, 0.4) is 0 Å². The first kappa shape index (κ1) is 15.3. The van der Waals surface area contributed by atoms with E-state index in [1.807, 2.05) is 6.92 Å². The standard InChI is InChI=1S/C14H21NO4/c1-9-11(18-4)6-10(7-12(9)19-5)13(16)15-8-14(2,3)17/h6-7,17H,8H2,1-5H3,(H,15,16). The van der Waals surface area contributed by atoms with E-state index < -0.39 is 5.60 Å². The molecule has 19 heavy (non-hydrogen) atoms. The van der Waals surface area contributed by atoms with Gasteiger partial charge in [0.1, 0.15) is 11.5 Å². The maximum Gasteiger partial charge on any atom is 0.251 e. The molecule has 0 aliphatic heterocycles. The SMILES string of the molecule is COc1cc(C(=O)NCC(C)(C)O)cc(OC)c1C. The van der Waals surface area contributed by atoms with Crippen LogP contribution in [0.25, 0.3) is 0 Å². The second-order valence-corrected chi connectivity index (χ2v) is 5.00. The molecule has 106 valence electrons. The molecule has 0 aliphatic carbocycles. The molecular weight excluding hydrogens is 246 g/mol. The minimum absolute atomic E-state index is 0.171. The Bertz CT molecular complexity index is 438. The normalized spacial score (nSPS) is 11.1. The first-order valence-electron chi connectivity index (χ1n) is 6.01. The van der Waals surface area contributed by atoms with Crippen molar-refractivity contribution in [2.75, 3.05) is 20.8 Å². The highest BCUT2D eigenvalue weighted by molar-refractivity contribution is 5.95. The second kappa shape index (κ2) is 5.93. The van der Waals surface area contributed by atoms with Crippen LogP contribution in [0.2, 0.25) is 0 Å². The van der Waals surface area contributed by atoms with E-state index in [0.717, 1.165) is 5.56 Å². The maximum atomic E-state index is 12.0. The summed E-state index contributed by atoms with van der Waals surface area (Å²) in [7, 11) is 3.08. The molecule has 0 aliphatic rings. The lowest BCUT2D eigenvalue weighted by Gasteiger charge is -2.18. The Hall–Kier alpha value is -1.75. The molecule has 1 amide bonds. The number of hydrogen-bond acceptors (Lipinski definition) is 4. The van der Waals surface area contributed by atoms with Crippen molar-refractivity contribution in [3.8, 4) is 11.5 Å². The maximum absolute atomic E-state index is 12.0. The van der Waals surface area contributed by atoms with E-state index in [2.05, 4.69) is 5.32 Å². The Kier molecular flexibility index (Phi) is 4.78. The number of aliphatic hydroxyl groups is 1. The van der Waals surface area contributed by atoms with Gasteiger partial charge in [-0.2, -0.15) is 0 Å². The molecular formula is C14H21NO4. The number of ether oxygens (including phenoxy) is 2. The van der Waals surface area contributed by atoms with Gasteiger partial charge in [0.15, 0.2) is 0 Å². The molecule has 1 rings (SSSR count). The van der Waals surface area contributed by atoms with Gasteiger partial charge in [0.25, 0.3) is 5.91 Å². The third-order valence-corrected chi connectivity index (χ3v) is 2.70. The van der Waals surface area contributed by atoms with Crippen LogP contribution in [0.15, 0.2) is 12.1 Å². The van der Waals surface area contributed by atoms with Gasteiger partial charge in [-0.25, -0.2) is 0 Å². The lowest BCUT2D eigenvalue weighted by Crippen LogP contribution is -2.38. The zero-order valence-electron chi connectivity index (χ0n) is 12.0. The fourth-order valence-electron chi connectivity index (χ4n) is 1.62. The molecule has 0 fully saturated rings. The fraction of sp³-hybridized carbons (Fsp3) is 0.500. The summed E-state index contributed by atoms with van der Waals surface area (Å²) in [6, 6.07) is 3.30. The Labute approximate surface area is 113 Å². The highest BCUT2D eigenvalue weighted by Crippen LogP contribution is 2.29. The van der Waals surface area contributed by atoms with Crippen molar-refractivity contribution in [3.63, 3.8) is 0 Å². The van der Waals surface area contributed by atoms with Crippen molar-refractivity contribution in [3.05, 3.63) is 23.3 Å². The summed E-state index contributed by atoms with van der Waals surface area (Å²) in [5.74, 6) is 0.902. The quantitative estimate of drug-likeness (QED) is 0.848. The van der Waals surface area contributed by atoms with Gasteiger partial charge >= 0.3 is 0 Å². The van der Waals surface area contributed by atoms with Gasteiger partial charge in [0.2, 0.25) is 0 Å². The van der Waals surface area contributed by atoms with E-state index in [1.165, 1.54) is 0 Å². The molecule has 0 saturated carbocycles. The van der Waals surface area contributed by atoms with Crippen molar-refractivity contribution in [1.29, 1.82) is 0 Å². The average Bonchev–Trinajstić information content (AvgIpc) is 2.35. The predicted molar refractivity (Wildman–Crippen MR) is 72.9 cm³/mol. The average molecular weight is 267 g/mol. The monoisotopic (exact) mass is 267 g/mol. The van der Waals surface area contributed by atoms with E-state index in [0.29, 0.717) is 17.1 Å². The third kappa shape index (κ3) is 4.13. The number of benzene rings is 1. The van der Waals surface area contributed by atoms with Crippen LogP contribution >= 0.6 is 0 Å².